The molecule has 1 aromatic rings. The van der Waals surface area contributed by atoms with Crippen LogP contribution in [0.4, 0.5) is 5.69 Å². The van der Waals surface area contributed by atoms with Crippen LogP contribution in [-0.4, -0.2) is 32.8 Å². The molecule has 0 unspecified atom stereocenters. The minimum absolute atomic E-state index is 0.0356. The van der Waals surface area contributed by atoms with Crippen molar-refractivity contribution >= 4 is 29.5 Å². The second-order valence-electron chi connectivity index (χ2n) is 3.64. The monoisotopic (exact) mass is 254 g/mol. The van der Waals surface area contributed by atoms with Crippen molar-refractivity contribution in [3.8, 4) is 0 Å². The Bertz CT molecular complexity index is 421. The van der Waals surface area contributed by atoms with Gasteiger partial charge in [0, 0.05) is 32.7 Å². The van der Waals surface area contributed by atoms with E-state index in [4.69, 9.17) is 11.6 Å². The highest BCUT2D eigenvalue weighted by Crippen LogP contribution is 2.25. The number of hydrogen-bond acceptors (Lipinski definition) is 3. The fourth-order valence-corrected chi connectivity index (χ4v) is 1.70. The van der Waals surface area contributed by atoms with Gasteiger partial charge in [0.2, 0.25) is 5.91 Å². The molecular formula is C12H15ClN2O2. The summed E-state index contributed by atoms with van der Waals surface area (Å²) in [4.78, 5) is 23.9. The van der Waals surface area contributed by atoms with E-state index in [2.05, 4.69) is 5.32 Å². The first-order valence-electron chi connectivity index (χ1n) is 5.25. The molecule has 1 N–H and O–H groups in total. The molecule has 0 heterocycles. The summed E-state index contributed by atoms with van der Waals surface area (Å²) < 4.78 is 0. The molecular weight excluding hydrogens is 240 g/mol. The van der Waals surface area contributed by atoms with Crippen LogP contribution in [0.5, 0.6) is 0 Å². The Morgan fingerprint density at radius 3 is 2.82 bits per heavy atom. The van der Waals surface area contributed by atoms with Gasteiger partial charge in [-0.05, 0) is 12.1 Å². The van der Waals surface area contributed by atoms with Gasteiger partial charge in [0.25, 0.3) is 0 Å². The lowest BCUT2D eigenvalue weighted by molar-refractivity contribution is -0.120. The molecule has 0 aromatic heterocycles. The fraction of sp³-hybridized carbons (Fsp3) is 0.333. The van der Waals surface area contributed by atoms with Crippen molar-refractivity contribution < 1.29 is 9.59 Å². The van der Waals surface area contributed by atoms with Crippen LogP contribution < -0.4 is 10.2 Å². The zero-order valence-corrected chi connectivity index (χ0v) is 10.6. The summed E-state index contributed by atoms with van der Waals surface area (Å²) >= 11 is 5.93. The van der Waals surface area contributed by atoms with E-state index >= 15 is 0 Å². The maximum absolute atomic E-state index is 11.1. The van der Waals surface area contributed by atoms with Gasteiger partial charge in [0.15, 0.2) is 6.29 Å². The average Bonchev–Trinajstić information content (AvgIpc) is 2.35. The van der Waals surface area contributed by atoms with Crippen molar-refractivity contribution in [3.63, 3.8) is 0 Å². The van der Waals surface area contributed by atoms with Crippen LogP contribution in [-0.2, 0) is 4.79 Å². The van der Waals surface area contributed by atoms with Gasteiger partial charge in [-0.1, -0.05) is 17.7 Å². The summed E-state index contributed by atoms with van der Waals surface area (Å²) in [7, 11) is 3.42. The molecule has 17 heavy (non-hydrogen) atoms. The Morgan fingerprint density at radius 2 is 2.24 bits per heavy atom. The third-order valence-electron chi connectivity index (χ3n) is 2.51. The Labute approximate surface area is 106 Å². The van der Waals surface area contributed by atoms with Crippen molar-refractivity contribution in [1.29, 1.82) is 0 Å². The Morgan fingerprint density at radius 1 is 1.53 bits per heavy atom. The number of carbonyl (C=O) groups is 2. The van der Waals surface area contributed by atoms with Crippen molar-refractivity contribution in [2.75, 3.05) is 25.5 Å². The number of carbonyl (C=O) groups excluding carboxylic acids is 2. The molecule has 1 rings (SSSR count). The number of halogens is 1. The molecule has 0 bridgehead atoms. The lowest BCUT2D eigenvalue weighted by atomic mass is 10.1. The zero-order valence-electron chi connectivity index (χ0n) is 9.87. The van der Waals surface area contributed by atoms with E-state index in [0.717, 1.165) is 12.0 Å². The normalized spacial score (nSPS) is 9.82. The molecule has 0 spiro atoms. The van der Waals surface area contributed by atoms with E-state index in [0.29, 0.717) is 23.6 Å². The summed E-state index contributed by atoms with van der Waals surface area (Å²) in [6, 6.07) is 5.25. The number of amides is 1. The van der Waals surface area contributed by atoms with Gasteiger partial charge in [0.05, 0.1) is 10.6 Å². The molecule has 0 aliphatic heterocycles. The lowest BCUT2D eigenvalue weighted by Crippen LogP contribution is -2.26. The van der Waals surface area contributed by atoms with E-state index < -0.39 is 0 Å². The first kappa shape index (κ1) is 13.5. The molecule has 1 aromatic carbocycles. The number of nitrogens with one attached hydrogen (secondary N) is 1. The number of benzene rings is 1. The van der Waals surface area contributed by atoms with Crippen LogP contribution in [0.2, 0.25) is 5.02 Å². The quantitative estimate of drug-likeness (QED) is 0.814. The number of hydrogen-bond donors (Lipinski definition) is 1. The summed E-state index contributed by atoms with van der Waals surface area (Å²) in [6.07, 6.45) is 1.10. The molecule has 0 saturated carbocycles. The fourth-order valence-electron chi connectivity index (χ4n) is 1.49. The van der Waals surface area contributed by atoms with Gasteiger partial charge in [-0.25, -0.2) is 0 Å². The van der Waals surface area contributed by atoms with Gasteiger partial charge < -0.3 is 10.2 Å². The number of aldehydes is 1. The van der Waals surface area contributed by atoms with Gasteiger partial charge in [-0.3, -0.25) is 9.59 Å². The minimum Gasteiger partial charge on any atom is -0.373 e. The second kappa shape index (κ2) is 6.25. The Balaban J connectivity index is 2.81. The van der Waals surface area contributed by atoms with Crippen LogP contribution >= 0.6 is 11.6 Å². The summed E-state index contributed by atoms with van der Waals surface area (Å²) in [5.41, 5.74) is 1.19. The SMILES string of the molecule is CNC(=O)CCN(C)c1cccc(Cl)c1C=O. The van der Waals surface area contributed by atoms with Crippen molar-refractivity contribution in [2.24, 2.45) is 0 Å². The number of nitrogens with zero attached hydrogens (tertiary/aromatic N) is 1. The third kappa shape index (κ3) is 3.46. The molecule has 0 aliphatic carbocycles. The topological polar surface area (TPSA) is 49.4 Å². The zero-order chi connectivity index (χ0) is 12.8. The van der Waals surface area contributed by atoms with Gasteiger partial charge in [-0.15, -0.1) is 0 Å². The van der Waals surface area contributed by atoms with E-state index in [1.807, 2.05) is 11.9 Å². The lowest BCUT2D eigenvalue weighted by Gasteiger charge is -2.20. The van der Waals surface area contributed by atoms with Gasteiger partial charge >= 0.3 is 0 Å². The molecule has 0 fully saturated rings. The average molecular weight is 255 g/mol. The van der Waals surface area contributed by atoms with E-state index in [-0.39, 0.29) is 5.91 Å². The molecule has 0 aliphatic rings. The van der Waals surface area contributed by atoms with Gasteiger partial charge in [-0.2, -0.15) is 0 Å². The molecule has 5 heteroatoms. The first-order chi connectivity index (χ1) is 8.10. The minimum atomic E-state index is -0.0356. The van der Waals surface area contributed by atoms with E-state index in [1.54, 1.807) is 25.2 Å². The van der Waals surface area contributed by atoms with Crippen LogP contribution in [0.25, 0.3) is 0 Å². The first-order valence-corrected chi connectivity index (χ1v) is 5.63. The van der Waals surface area contributed by atoms with Crippen LogP contribution in [0.3, 0.4) is 0 Å². The Kier molecular flexibility index (Phi) is 4.97. The molecule has 4 nitrogen and oxygen atoms in total. The van der Waals surface area contributed by atoms with Crippen molar-refractivity contribution in [3.05, 3.63) is 28.8 Å². The van der Waals surface area contributed by atoms with Gasteiger partial charge in [0.1, 0.15) is 0 Å². The van der Waals surface area contributed by atoms with Crippen molar-refractivity contribution in [1.82, 2.24) is 5.32 Å². The molecule has 92 valence electrons. The van der Waals surface area contributed by atoms with Crippen molar-refractivity contribution in [2.45, 2.75) is 6.42 Å². The summed E-state index contributed by atoms with van der Waals surface area (Å²) in [5, 5.41) is 2.97. The summed E-state index contributed by atoms with van der Waals surface area (Å²) in [6.45, 7) is 0.529. The number of anilines is 1. The highest BCUT2D eigenvalue weighted by Gasteiger charge is 2.10. The molecule has 0 saturated heterocycles. The van der Waals surface area contributed by atoms with Crippen LogP contribution in [0.1, 0.15) is 16.8 Å². The third-order valence-corrected chi connectivity index (χ3v) is 2.84. The molecule has 0 radical (unpaired) electrons. The standard InChI is InChI=1S/C12H15ClN2O2/c1-14-12(17)6-7-15(2)11-5-3-4-10(13)9(11)8-16/h3-5,8H,6-7H2,1-2H3,(H,14,17). The maximum Gasteiger partial charge on any atom is 0.221 e. The summed E-state index contributed by atoms with van der Waals surface area (Å²) in [5.74, 6) is -0.0356. The molecule has 0 atom stereocenters. The smallest absolute Gasteiger partial charge is 0.221 e. The Hall–Kier alpha value is -1.55. The predicted molar refractivity (Wildman–Crippen MR) is 68.8 cm³/mol. The van der Waals surface area contributed by atoms with Crippen LogP contribution in [0.15, 0.2) is 18.2 Å². The number of rotatable bonds is 5. The maximum atomic E-state index is 11.1. The van der Waals surface area contributed by atoms with Crippen LogP contribution in [0, 0.1) is 0 Å². The van der Waals surface area contributed by atoms with E-state index in [9.17, 15) is 9.59 Å². The van der Waals surface area contributed by atoms with E-state index in [1.165, 1.54) is 0 Å². The second-order valence-corrected chi connectivity index (χ2v) is 4.04. The highest BCUT2D eigenvalue weighted by molar-refractivity contribution is 6.33. The predicted octanol–water partition coefficient (Wildman–Crippen LogP) is 1.72. The largest absolute Gasteiger partial charge is 0.373 e. The molecule has 1 amide bonds. The highest BCUT2D eigenvalue weighted by atomic mass is 35.5.